The van der Waals surface area contributed by atoms with Gasteiger partial charge in [-0.05, 0) is 70.8 Å². The first-order valence-electron chi connectivity index (χ1n) is 14.2. The van der Waals surface area contributed by atoms with Gasteiger partial charge < -0.3 is 9.97 Å². The lowest BCUT2D eigenvalue weighted by Crippen LogP contribution is -2.39. The topological polar surface area (TPSA) is 27.0 Å². The van der Waals surface area contributed by atoms with Crippen molar-refractivity contribution in [1.82, 2.24) is 9.97 Å². The van der Waals surface area contributed by atoms with Crippen LogP contribution < -0.4 is 26.2 Å². The van der Waals surface area contributed by atoms with Crippen LogP contribution in [0.15, 0.2) is 176 Å². The summed E-state index contributed by atoms with van der Waals surface area (Å²) in [5.41, 5.74) is 4.97. The maximum atomic E-state index is 5.29. The van der Waals surface area contributed by atoms with Gasteiger partial charge in [0, 0.05) is 5.56 Å². The first kappa shape index (κ1) is 25.9. The summed E-state index contributed by atoms with van der Waals surface area (Å²) in [5, 5.41) is 5.15. The lowest BCUT2D eigenvalue weighted by atomic mass is 10.1. The predicted octanol–water partition coefficient (Wildman–Crippen LogP) is 7.66. The van der Waals surface area contributed by atoms with E-state index in [1.54, 1.807) is 0 Å². The Morgan fingerprint density at radius 3 is 1.31 bits per heavy atom. The van der Waals surface area contributed by atoms with Crippen LogP contribution in [0.2, 0.25) is 0 Å². The van der Waals surface area contributed by atoms with E-state index < -0.39 is 7.26 Å². The molecular weight excluding hydrogens is 527 g/mol. The molecule has 0 saturated heterocycles. The molecule has 0 unspecified atom stereocenters. The van der Waals surface area contributed by atoms with Gasteiger partial charge in [0.1, 0.15) is 28.5 Å². The normalized spacial score (nSPS) is 11.3. The maximum absolute atomic E-state index is 5.29. The molecule has 0 aliphatic carbocycles. The molecule has 0 radical (unpaired) electrons. The molecule has 3 heteroatoms. The van der Waals surface area contributed by atoms with E-state index in [9.17, 15) is 0 Å². The maximum Gasteiger partial charge on any atom is 0.144 e. The average Bonchev–Trinajstić information content (AvgIpc) is 3.53. The van der Waals surface area contributed by atoms with Crippen LogP contribution >= 0.6 is 7.26 Å². The number of aromatic nitrogens is 2. The Morgan fingerprint density at radius 1 is 0.405 bits per heavy atom. The van der Waals surface area contributed by atoms with Crippen molar-refractivity contribution in [2.24, 2.45) is 0 Å². The number of hydrogen-bond acceptors (Lipinski definition) is 1. The van der Waals surface area contributed by atoms with Crippen LogP contribution in [-0.2, 0) is 0 Å². The van der Waals surface area contributed by atoms with E-state index in [4.69, 9.17) is 9.97 Å². The quantitative estimate of drug-likeness (QED) is 0.189. The summed E-state index contributed by atoms with van der Waals surface area (Å²) < 4.78 is 0. The Bertz CT molecular complexity index is 1750. The summed E-state index contributed by atoms with van der Waals surface area (Å²) in [5.74, 6) is 0.746. The molecule has 1 aromatic heterocycles. The van der Waals surface area contributed by atoms with Crippen molar-refractivity contribution in [3.05, 3.63) is 176 Å². The lowest BCUT2D eigenvalue weighted by Gasteiger charge is -2.29. The molecule has 1 heterocycles. The Morgan fingerprint density at radius 2 is 0.810 bits per heavy atom. The zero-order valence-electron chi connectivity index (χ0n) is 23.1. The van der Waals surface area contributed by atoms with E-state index in [2.05, 4.69) is 164 Å². The molecule has 0 fully saturated rings. The molecule has 7 aromatic rings. The molecule has 42 heavy (non-hydrogen) atoms. The van der Waals surface area contributed by atoms with Crippen molar-refractivity contribution in [3.63, 3.8) is 0 Å². The van der Waals surface area contributed by atoms with E-state index >= 15 is 0 Å². The van der Waals surface area contributed by atoms with Crippen LogP contribution in [0.4, 0.5) is 0 Å². The largest absolute Gasteiger partial charge is 0.435 e. The van der Waals surface area contributed by atoms with E-state index in [1.165, 1.54) is 21.2 Å². The van der Waals surface area contributed by atoms with Gasteiger partial charge in [-0.15, -0.1) is 0 Å². The summed E-state index contributed by atoms with van der Waals surface area (Å²) in [4.78, 5) is 10.6. The number of imidazole rings is 1. The number of nitrogens with zero attached hydrogens (tertiary/aromatic N) is 2. The molecule has 200 valence electrons. The fourth-order valence-corrected chi connectivity index (χ4v) is 10.3. The highest BCUT2D eigenvalue weighted by molar-refractivity contribution is 8.01. The second-order valence-electron chi connectivity index (χ2n) is 10.2. The molecule has 0 aliphatic rings. The Balaban J connectivity index is 1.55. The minimum Gasteiger partial charge on any atom is -0.435 e. The smallest absolute Gasteiger partial charge is 0.144 e. The van der Waals surface area contributed by atoms with Crippen LogP contribution in [-0.4, -0.2) is 4.98 Å². The summed E-state index contributed by atoms with van der Waals surface area (Å²) in [6, 6.07) is 62.4. The van der Waals surface area contributed by atoms with Crippen molar-refractivity contribution in [2.45, 2.75) is 0 Å². The highest BCUT2D eigenvalue weighted by Crippen LogP contribution is 2.56. The molecule has 0 spiro atoms. The molecule has 0 amide bonds. The minimum absolute atomic E-state index is 0.746. The van der Waals surface area contributed by atoms with Crippen LogP contribution in [0.25, 0.3) is 33.9 Å². The van der Waals surface area contributed by atoms with Gasteiger partial charge in [-0.1, -0.05) is 133 Å². The zero-order chi connectivity index (χ0) is 28.2. The van der Waals surface area contributed by atoms with Gasteiger partial charge in [0.2, 0.25) is 0 Å². The Labute approximate surface area is 247 Å². The van der Waals surface area contributed by atoms with E-state index in [0.29, 0.717) is 0 Å². The van der Waals surface area contributed by atoms with E-state index in [1.807, 2.05) is 12.1 Å². The van der Waals surface area contributed by atoms with E-state index in [0.717, 1.165) is 33.9 Å². The van der Waals surface area contributed by atoms with Crippen molar-refractivity contribution in [2.75, 3.05) is 0 Å². The van der Waals surface area contributed by atoms with Gasteiger partial charge in [-0.25, -0.2) is 0 Å². The molecule has 0 bridgehead atoms. The Hall–Kier alpha value is -5.04. The summed E-state index contributed by atoms with van der Waals surface area (Å²) >= 11 is 0. The van der Waals surface area contributed by atoms with Crippen molar-refractivity contribution in [3.8, 4) is 33.9 Å². The standard InChI is InChI=1S/C39H29N2P/c1-6-18-30(19-7-1)37-38(31-20-8-2-9-21-31)41-39(40-37)35-28-16-17-29-36(35)42(32-22-10-3-11-23-32,33-24-12-4-13-25-33)34-26-14-5-15-27-34/h1-29H. The SMILES string of the molecule is c1ccc(-c2nc(-c3ccccc3[P+](c3ccccc3)(c3ccccc3)c3ccccc3)[n-]c2-c2ccccc2)cc1. The molecule has 7 rings (SSSR count). The molecular formula is C39H29N2P. The number of benzene rings is 6. The monoisotopic (exact) mass is 556 g/mol. The first-order chi connectivity index (χ1) is 20.9. The number of hydrogen-bond donors (Lipinski definition) is 0. The van der Waals surface area contributed by atoms with Crippen molar-refractivity contribution < 1.29 is 0 Å². The third-order valence-electron chi connectivity index (χ3n) is 7.69. The molecule has 0 N–H and O–H groups in total. The highest BCUT2D eigenvalue weighted by atomic mass is 31.2. The zero-order valence-corrected chi connectivity index (χ0v) is 24.0. The Kier molecular flexibility index (Phi) is 7.06. The van der Waals surface area contributed by atoms with Gasteiger partial charge >= 0.3 is 0 Å². The van der Waals surface area contributed by atoms with Crippen molar-refractivity contribution in [1.29, 1.82) is 0 Å². The van der Waals surface area contributed by atoms with Gasteiger partial charge in [-0.2, -0.15) is 0 Å². The lowest BCUT2D eigenvalue weighted by molar-refractivity contribution is 1.29. The molecule has 0 aliphatic heterocycles. The van der Waals surface area contributed by atoms with Crippen LogP contribution in [0.3, 0.4) is 0 Å². The first-order valence-corrected chi connectivity index (χ1v) is 16.0. The molecule has 2 nitrogen and oxygen atoms in total. The molecule has 0 saturated carbocycles. The van der Waals surface area contributed by atoms with Gasteiger partial charge in [-0.3, -0.25) is 0 Å². The predicted molar refractivity (Wildman–Crippen MR) is 179 cm³/mol. The van der Waals surface area contributed by atoms with Gasteiger partial charge in [0.05, 0.1) is 0 Å². The van der Waals surface area contributed by atoms with Crippen LogP contribution in [0.1, 0.15) is 0 Å². The van der Waals surface area contributed by atoms with Crippen LogP contribution in [0.5, 0.6) is 0 Å². The fourth-order valence-electron chi connectivity index (χ4n) is 5.83. The summed E-state index contributed by atoms with van der Waals surface area (Å²) in [7, 11) is -2.34. The average molecular weight is 557 g/mol. The molecule has 6 aromatic carbocycles. The minimum atomic E-state index is -2.34. The third-order valence-corrected chi connectivity index (χ3v) is 12.0. The molecule has 0 atom stereocenters. The van der Waals surface area contributed by atoms with Gasteiger partial charge in [0.25, 0.3) is 0 Å². The summed E-state index contributed by atoms with van der Waals surface area (Å²) in [6.45, 7) is 0. The fraction of sp³-hybridized carbons (Fsp3) is 0. The van der Waals surface area contributed by atoms with Crippen LogP contribution in [0, 0.1) is 0 Å². The highest BCUT2D eigenvalue weighted by Gasteiger charge is 2.49. The second kappa shape index (κ2) is 11.4. The number of rotatable bonds is 7. The summed E-state index contributed by atoms with van der Waals surface area (Å²) in [6.07, 6.45) is 0. The van der Waals surface area contributed by atoms with Crippen molar-refractivity contribution >= 4 is 28.5 Å². The van der Waals surface area contributed by atoms with Gasteiger partial charge in [0.15, 0.2) is 0 Å². The van der Waals surface area contributed by atoms with E-state index in [-0.39, 0.29) is 0 Å². The second-order valence-corrected chi connectivity index (χ2v) is 13.5. The third kappa shape index (κ3) is 4.57.